The monoisotopic (exact) mass is 433 g/mol. The van der Waals surface area contributed by atoms with Crippen molar-refractivity contribution in [2.45, 2.75) is 26.8 Å². The summed E-state index contributed by atoms with van der Waals surface area (Å²) in [6.45, 7) is 6.16. The van der Waals surface area contributed by atoms with E-state index in [1.165, 1.54) is 11.1 Å². The third-order valence-electron chi connectivity index (χ3n) is 3.98. The molecule has 0 aliphatic heterocycles. The van der Waals surface area contributed by atoms with Crippen LogP contribution in [0.4, 0.5) is 5.82 Å². The van der Waals surface area contributed by atoms with Crippen LogP contribution >= 0.6 is 22.6 Å². The molecule has 0 spiro atoms. The smallest absolute Gasteiger partial charge is 0.138 e. The number of rotatable bonds is 4. The Hall–Kier alpha value is -1.89. The van der Waals surface area contributed by atoms with Crippen molar-refractivity contribution < 1.29 is 4.74 Å². The summed E-state index contributed by atoms with van der Waals surface area (Å²) in [4.78, 5) is 9.17. The molecule has 5 heteroatoms. The van der Waals surface area contributed by atoms with Gasteiger partial charge in [0, 0.05) is 17.5 Å². The lowest BCUT2D eigenvalue weighted by Gasteiger charge is -2.18. The minimum Gasteiger partial charge on any atom is -0.496 e. The quantitative estimate of drug-likeness (QED) is 0.587. The standard InChI is InChI=1S/C19H20IN3O/c1-11-6-5-7-14(8-11)12(2)21-19-15-9-16(20)18(24-4)10-17(15)22-13(3)23-19/h5-10,12H,1-4H3,(H,21,22,23)/t12-/m1/s1. The van der Waals surface area contributed by atoms with E-state index in [2.05, 4.69) is 82.1 Å². The highest BCUT2D eigenvalue weighted by Crippen LogP contribution is 2.31. The number of nitrogens with zero attached hydrogens (tertiary/aromatic N) is 2. The van der Waals surface area contributed by atoms with Crippen LogP contribution in [0.15, 0.2) is 36.4 Å². The molecule has 0 fully saturated rings. The van der Waals surface area contributed by atoms with E-state index in [0.29, 0.717) is 0 Å². The topological polar surface area (TPSA) is 47.0 Å². The number of benzene rings is 2. The zero-order chi connectivity index (χ0) is 17.3. The number of ether oxygens (including phenoxy) is 1. The molecular weight excluding hydrogens is 413 g/mol. The fourth-order valence-electron chi connectivity index (χ4n) is 2.74. The van der Waals surface area contributed by atoms with Crippen LogP contribution < -0.4 is 10.1 Å². The first-order valence-corrected chi connectivity index (χ1v) is 8.91. The highest BCUT2D eigenvalue weighted by atomic mass is 127. The van der Waals surface area contributed by atoms with E-state index >= 15 is 0 Å². The fraction of sp³-hybridized carbons (Fsp3) is 0.263. The van der Waals surface area contributed by atoms with Crippen molar-refractivity contribution in [3.05, 3.63) is 56.9 Å². The van der Waals surface area contributed by atoms with Gasteiger partial charge in [-0.1, -0.05) is 29.8 Å². The van der Waals surface area contributed by atoms with Crippen LogP contribution in [-0.4, -0.2) is 17.1 Å². The minimum atomic E-state index is 0.155. The second kappa shape index (κ2) is 6.93. The summed E-state index contributed by atoms with van der Waals surface area (Å²) in [7, 11) is 1.68. The normalized spacial score (nSPS) is 12.2. The van der Waals surface area contributed by atoms with Gasteiger partial charge < -0.3 is 10.1 Å². The summed E-state index contributed by atoms with van der Waals surface area (Å²) in [6.07, 6.45) is 0. The van der Waals surface area contributed by atoms with Crippen molar-refractivity contribution in [1.29, 1.82) is 0 Å². The van der Waals surface area contributed by atoms with Crippen LogP contribution in [0.25, 0.3) is 10.9 Å². The first kappa shape index (κ1) is 17.0. The van der Waals surface area contributed by atoms with E-state index < -0.39 is 0 Å². The van der Waals surface area contributed by atoms with Gasteiger partial charge in [0.2, 0.25) is 0 Å². The van der Waals surface area contributed by atoms with Crippen molar-refractivity contribution in [1.82, 2.24) is 9.97 Å². The molecule has 4 nitrogen and oxygen atoms in total. The van der Waals surface area contributed by atoms with Crippen LogP contribution in [0, 0.1) is 17.4 Å². The van der Waals surface area contributed by atoms with Gasteiger partial charge in [-0.05, 0) is 55.0 Å². The molecule has 3 aromatic rings. The molecular formula is C19H20IN3O. The molecule has 2 aromatic carbocycles. The summed E-state index contributed by atoms with van der Waals surface area (Å²) < 4.78 is 6.45. The molecule has 1 atom stereocenters. The lowest BCUT2D eigenvalue weighted by molar-refractivity contribution is 0.412. The number of nitrogens with one attached hydrogen (secondary N) is 1. The molecule has 0 bridgehead atoms. The van der Waals surface area contributed by atoms with Crippen molar-refractivity contribution in [3.8, 4) is 5.75 Å². The van der Waals surface area contributed by atoms with Crippen LogP contribution in [0.2, 0.25) is 0 Å². The van der Waals surface area contributed by atoms with Crippen LogP contribution in [-0.2, 0) is 0 Å². The largest absolute Gasteiger partial charge is 0.496 e. The SMILES string of the molecule is COc1cc2nc(C)nc(N[C@H](C)c3cccc(C)c3)c2cc1I. The molecule has 1 heterocycles. The molecule has 124 valence electrons. The van der Waals surface area contributed by atoms with Gasteiger partial charge in [-0.2, -0.15) is 0 Å². The number of hydrogen-bond donors (Lipinski definition) is 1. The fourth-order valence-corrected chi connectivity index (χ4v) is 3.43. The van der Waals surface area contributed by atoms with E-state index in [1.54, 1.807) is 7.11 Å². The zero-order valence-corrected chi connectivity index (χ0v) is 16.4. The maximum atomic E-state index is 5.41. The van der Waals surface area contributed by atoms with E-state index in [-0.39, 0.29) is 6.04 Å². The Kier molecular flexibility index (Phi) is 4.89. The average molecular weight is 433 g/mol. The lowest BCUT2D eigenvalue weighted by Crippen LogP contribution is -2.10. The number of anilines is 1. The van der Waals surface area contributed by atoms with Gasteiger partial charge in [0.25, 0.3) is 0 Å². The van der Waals surface area contributed by atoms with Crippen molar-refractivity contribution in [2.75, 3.05) is 12.4 Å². The van der Waals surface area contributed by atoms with E-state index in [9.17, 15) is 0 Å². The summed E-state index contributed by atoms with van der Waals surface area (Å²) >= 11 is 2.28. The Morgan fingerprint density at radius 2 is 1.92 bits per heavy atom. The third kappa shape index (κ3) is 3.45. The predicted molar refractivity (Wildman–Crippen MR) is 107 cm³/mol. The molecule has 1 N–H and O–H groups in total. The number of halogens is 1. The maximum Gasteiger partial charge on any atom is 0.138 e. The van der Waals surface area contributed by atoms with Gasteiger partial charge in [-0.3, -0.25) is 0 Å². The molecule has 1 aromatic heterocycles. The average Bonchev–Trinajstić information content (AvgIpc) is 2.55. The van der Waals surface area contributed by atoms with Gasteiger partial charge in [0.05, 0.1) is 16.2 Å². The molecule has 0 saturated carbocycles. The van der Waals surface area contributed by atoms with Crippen LogP contribution in [0.5, 0.6) is 5.75 Å². The Bertz CT molecular complexity index is 895. The Labute approximate surface area is 155 Å². The molecule has 0 amide bonds. The predicted octanol–water partition coefficient (Wildman–Crippen LogP) is 5.03. The van der Waals surface area contributed by atoms with Crippen molar-refractivity contribution in [2.24, 2.45) is 0 Å². The van der Waals surface area contributed by atoms with Gasteiger partial charge in [-0.15, -0.1) is 0 Å². The first-order chi connectivity index (χ1) is 11.5. The second-order valence-electron chi connectivity index (χ2n) is 5.90. The number of hydrogen-bond acceptors (Lipinski definition) is 4. The van der Waals surface area contributed by atoms with Gasteiger partial charge in [0.15, 0.2) is 0 Å². The van der Waals surface area contributed by atoms with Crippen molar-refractivity contribution in [3.63, 3.8) is 0 Å². The molecule has 0 saturated heterocycles. The van der Waals surface area contributed by atoms with Crippen LogP contribution in [0.1, 0.15) is 29.9 Å². The zero-order valence-electron chi connectivity index (χ0n) is 14.2. The van der Waals surface area contributed by atoms with Gasteiger partial charge >= 0.3 is 0 Å². The Balaban J connectivity index is 2.04. The third-order valence-corrected chi connectivity index (χ3v) is 4.82. The highest BCUT2D eigenvalue weighted by Gasteiger charge is 2.13. The minimum absolute atomic E-state index is 0.155. The number of fused-ring (bicyclic) bond motifs is 1. The van der Waals surface area contributed by atoms with E-state index in [4.69, 9.17) is 4.74 Å². The summed E-state index contributed by atoms with van der Waals surface area (Å²) in [6, 6.07) is 12.7. The molecule has 0 unspecified atom stereocenters. The first-order valence-electron chi connectivity index (χ1n) is 7.83. The summed E-state index contributed by atoms with van der Waals surface area (Å²) in [5, 5.41) is 4.54. The van der Waals surface area contributed by atoms with E-state index in [0.717, 1.165) is 31.9 Å². The Morgan fingerprint density at radius 1 is 1.12 bits per heavy atom. The number of aromatic nitrogens is 2. The summed E-state index contributed by atoms with van der Waals surface area (Å²) in [5.74, 6) is 2.43. The molecule has 24 heavy (non-hydrogen) atoms. The van der Waals surface area contributed by atoms with Gasteiger partial charge in [0.1, 0.15) is 17.4 Å². The highest BCUT2D eigenvalue weighted by molar-refractivity contribution is 14.1. The molecule has 0 aliphatic carbocycles. The number of methoxy groups -OCH3 is 1. The van der Waals surface area contributed by atoms with Crippen molar-refractivity contribution >= 4 is 39.3 Å². The Morgan fingerprint density at radius 3 is 2.62 bits per heavy atom. The maximum absolute atomic E-state index is 5.41. The molecule has 0 radical (unpaired) electrons. The van der Waals surface area contributed by atoms with Gasteiger partial charge in [-0.25, -0.2) is 9.97 Å². The lowest BCUT2D eigenvalue weighted by atomic mass is 10.1. The molecule has 3 rings (SSSR count). The van der Waals surface area contributed by atoms with Crippen LogP contribution in [0.3, 0.4) is 0 Å². The second-order valence-corrected chi connectivity index (χ2v) is 7.07. The van der Waals surface area contributed by atoms with E-state index in [1.807, 2.05) is 13.0 Å². The molecule has 0 aliphatic rings. The number of aryl methyl sites for hydroxylation is 2. The summed E-state index contributed by atoms with van der Waals surface area (Å²) in [5.41, 5.74) is 3.38.